The molecular formula is C5H10N2O2. The molecule has 0 saturated heterocycles. The van der Waals surface area contributed by atoms with Crippen molar-refractivity contribution in [3.63, 3.8) is 0 Å². The van der Waals surface area contributed by atoms with Gasteiger partial charge < -0.3 is 15.3 Å². The monoisotopic (exact) mass is 130 g/mol. The van der Waals surface area contributed by atoms with Crippen molar-refractivity contribution in [3.8, 4) is 0 Å². The average molecular weight is 130 g/mol. The maximum absolute atomic E-state index is 5.30. The van der Waals surface area contributed by atoms with Gasteiger partial charge in [0.25, 0.3) is 0 Å². The van der Waals surface area contributed by atoms with Gasteiger partial charge in [0.15, 0.2) is 0 Å². The van der Waals surface area contributed by atoms with Gasteiger partial charge in [-0.3, -0.25) is 0 Å². The summed E-state index contributed by atoms with van der Waals surface area (Å²) in [7, 11) is 1.57. The second-order valence-corrected chi connectivity index (χ2v) is 1.86. The zero-order chi connectivity index (χ0) is 6.69. The molecule has 1 heterocycles. The Hall–Kier alpha value is -0.770. The van der Waals surface area contributed by atoms with Crippen molar-refractivity contribution in [2.45, 2.75) is 12.5 Å². The van der Waals surface area contributed by atoms with Crippen LogP contribution in [0.5, 0.6) is 0 Å². The normalized spacial score (nSPS) is 25.1. The minimum Gasteiger partial charge on any atom is -0.482 e. The fraction of sp³-hybridized carbons (Fsp3) is 0.800. The molecule has 2 N–H and O–H groups in total. The molecule has 0 aliphatic carbocycles. The Bertz CT molecular complexity index is 124. The van der Waals surface area contributed by atoms with Gasteiger partial charge in [-0.1, -0.05) is 5.16 Å². The summed E-state index contributed by atoms with van der Waals surface area (Å²) in [5.74, 6) is 0.630. The van der Waals surface area contributed by atoms with Crippen molar-refractivity contribution in [2.24, 2.45) is 10.9 Å². The van der Waals surface area contributed by atoms with Crippen LogP contribution in [0.4, 0.5) is 0 Å². The van der Waals surface area contributed by atoms with E-state index >= 15 is 0 Å². The molecule has 0 aromatic carbocycles. The predicted molar refractivity (Wildman–Crippen MR) is 33.0 cm³/mol. The molecule has 1 aliphatic heterocycles. The number of rotatable bonds is 1. The van der Waals surface area contributed by atoms with Crippen molar-refractivity contribution >= 4 is 5.90 Å². The Kier molecular flexibility index (Phi) is 1.89. The highest BCUT2D eigenvalue weighted by Gasteiger charge is 2.19. The van der Waals surface area contributed by atoms with E-state index < -0.39 is 0 Å². The summed E-state index contributed by atoms with van der Waals surface area (Å²) in [6.45, 7) is 0.496. The van der Waals surface area contributed by atoms with Gasteiger partial charge >= 0.3 is 0 Å². The minimum absolute atomic E-state index is 0.0277. The summed E-state index contributed by atoms with van der Waals surface area (Å²) in [6.07, 6.45) is 0.729. The first-order chi connectivity index (χ1) is 4.36. The quantitative estimate of drug-likeness (QED) is 0.530. The lowest BCUT2D eigenvalue weighted by molar-refractivity contribution is 0.0915. The molecule has 1 atom stereocenters. The largest absolute Gasteiger partial charge is 0.482 e. The van der Waals surface area contributed by atoms with Gasteiger partial charge in [-0.05, 0) is 0 Å². The van der Waals surface area contributed by atoms with E-state index in [0.29, 0.717) is 18.9 Å². The van der Waals surface area contributed by atoms with E-state index in [2.05, 4.69) is 5.16 Å². The zero-order valence-corrected chi connectivity index (χ0v) is 5.33. The van der Waals surface area contributed by atoms with E-state index in [-0.39, 0.29) is 6.10 Å². The van der Waals surface area contributed by atoms with Crippen molar-refractivity contribution in [3.05, 3.63) is 0 Å². The zero-order valence-electron chi connectivity index (χ0n) is 5.33. The molecule has 0 spiro atoms. The van der Waals surface area contributed by atoms with Gasteiger partial charge in [0.1, 0.15) is 6.10 Å². The van der Waals surface area contributed by atoms with Crippen molar-refractivity contribution in [1.29, 1.82) is 0 Å². The summed E-state index contributed by atoms with van der Waals surface area (Å²) >= 11 is 0. The van der Waals surface area contributed by atoms with E-state index in [1.807, 2.05) is 0 Å². The van der Waals surface area contributed by atoms with Gasteiger partial charge in [0, 0.05) is 6.54 Å². The molecule has 0 radical (unpaired) electrons. The second-order valence-electron chi connectivity index (χ2n) is 1.86. The Balaban J connectivity index is 2.31. The van der Waals surface area contributed by atoms with Crippen LogP contribution in [0.3, 0.4) is 0 Å². The van der Waals surface area contributed by atoms with Gasteiger partial charge in [-0.2, -0.15) is 0 Å². The molecule has 1 aliphatic rings. The standard InChI is InChI=1S/C5H10N2O2/c1-8-5-2-4(3-6)9-7-5/h4H,2-3,6H2,1H3. The molecule has 0 fully saturated rings. The third kappa shape index (κ3) is 1.32. The number of nitrogens with two attached hydrogens (primary N) is 1. The fourth-order valence-electron chi connectivity index (χ4n) is 0.650. The lowest BCUT2D eigenvalue weighted by atomic mass is 10.3. The maximum Gasteiger partial charge on any atom is 0.229 e. The summed E-state index contributed by atoms with van der Waals surface area (Å²) in [5.41, 5.74) is 5.30. The van der Waals surface area contributed by atoms with Crippen molar-refractivity contribution < 1.29 is 9.57 Å². The number of nitrogens with zero attached hydrogens (tertiary/aromatic N) is 1. The molecule has 0 amide bonds. The van der Waals surface area contributed by atoms with Crippen LogP contribution < -0.4 is 5.73 Å². The van der Waals surface area contributed by atoms with Crippen LogP contribution in [0.1, 0.15) is 6.42 Å². The molecule has 0 aromatic rings. The SMILES string of the molecule is COC1=NOC(CN)C1. The van der Waals surface area contributed by atoms with E-state index in [0.717, 1.165) is 0 Å². The number of hydrogen-bond donors (Lipinski definition) is 1. The van der Waals surface area contributed by atoms with Crippen LogP contribution in [-0.2, 0) is 9.57 Å². The van der Waals surface area contributed by atoms with E-state index in [9.17, 15) is 0 Å². The maximum atomic E-state index is 5.30. The van der Waals surface area contributed by atoms with Crippen LogP contribution >= 0.6 is 0 Å². The molecular weight excluding hydrogens is 120 g/mol. The average Bonchev–Trinajstić information content (AvgIpc) is 2.34. The Labute approximate surface area is 53.6 Å². The second kappa shape index (κ2) is 2.68. The smallest absolute Gasteiger partial charge is 0.229 e. The van der Waals surface area contributed by atoms with E-state index in [1.54, 1.807) is 7.11 Å². The molecule has 9 heavy (non-hydrogen) atoms. The molecule has 0 saturated carbocycles. The summed E-state index contributed by atoms with van der Waals surface area (Å²) < 4.78 is 4.81. The lowest BCUT2D eigenvalue weighted by Crippen LogP contribution is -2.20. The van der Waals surface area contributed by atoms with Gasteiger partial charge in [0.05, 0.1) is 13.5 Å². The Morgan fingerprint density at radius 3 is 3.11 bits per heavy atom. The first-order valence-electron chi connectivity index (χ1n) is 2.83. The minimum atomic E-state index is 0.0277. The first-order valence-corrected chi connectivity index (χ1v) is 2.83. The highest BCUT2D eigenvalue weighted by Crippen LogP contribution is 2.08. The molecule has 0 bridgehead atoms. The molecule has 1 rings (SSSR count). The third-order valence-corrected chi connectivity index (χ3v) is 1.20. The van der Waals surface area contributed by atoms with Gasteiger partial charge in [-0.15, -0.1) is 0 Å². The Morgan fingerprint density at radius 1 is 2.00 bits per heavy atom. The van der Waals surface area contributed by atoms with Crippen LogP contribution in [0.15, 0.2) is 5.16 Å². The van der Waals surface area contributed by atoms with E-state index in [4.69, 9.17) is 15.3 Å². The van der Waals surface area contributed by atoms with Gasteiger partial charge in [-0.25, -0.2) is 0 Å². The highest BCUT2D eigenvalue weighted by atomic mass is 16.7. The van der Waals surface area contributed by atoms with Crippen molar-refractivity contribution in [2.75, 3.05) is 13.7 Å². The summed E-state index contributed by atoms with van der Waals surface area (Å²) in [6, 6.07) is 0. The first kappa shape index (κ1) is 6.35. The molecule has 1 unspecified atom stereocenters. The van der Waals surface area contributed by atoms with Crippen LogP contribution in [0, 0.1) is 0 Å². The number of ether oxygens (including phenoxy) is 1. The van der Waals surface area contributed by atoms with Crippen LogP contribution in [-0.4, -0.2) is 25.7 Å². The number of methoxy groups -OCH3 is 1. The highest BCUT2D eigenvalue weighted by molar-refractivity contribution is 5.76. The third-order valence-electron chi connectivity index (χ3n) is 1.20. The lowest BCUT2D eigenvalue weighted by Gasteiger charge is -2.00. The fourth-order valence-corrected chi connectivity index (χ4v) is 0.650. The summed E-state index contributed by atoms with van der Waals surface area (Å²) in [4.78, 5) is 4.84. The summed E-state index contributed by atoms with van der Waals surface area (Å²) in [5, 5.41) is 3.62. The van der Waals surface area contributed by atoms with Crippen molar-refractivity contribution in [1.82, 2.24) is 0 Å². The number of hydrogen-bond acceptors (Lipinski definition) is 4. The molecule has 4 nitrogen and oxygen atoms in total. The van der Waals surface area contributed by atoms with Crippen LogP contribution in [0.2, 0.25) is 0 Å². The van der Waals surface area contributed by atoms with E-state index in [1.165, 1.54) is 0 Å². The topological polar surface area (TPSA) is 56.8 Å². The predicted octanol–water partition coefficient (Wildman–Crippen LogP) is -0.306. The molecule has 0 aromatic heterocycles. The van der Waals surface area contributed by atoms with Crippen LogP contribution in [0.25, 0.3) is 0 Å². The molecule has 4 heteroatoms. The molecule has 52 valence electrons. The number of oxime groups is 1. The Morgan fingerprint density at radius 2 is 2.78 bits per heavy atom. The van der Waals surface area contributed by atoms with Gasteiger partial charge in [0.2, 0.25) is 5.90 Å².